The molecule has 0 fully saturated rings. The molecule has 1 aromatic rings. The number of hydrogen-bond acceptors (Lipinski definition) is 3. The number of carbonyl (C=O) groups is 1. The molecule has 1 aliphatic carbocycles. The summed E-state index contributed by atoms with van der Waals surface area (Å²) in [7, 11) is 0. The number of nitrogens with one attached hydrogen (secondary N) is 1. The topological polar surface area (TPSA) is 49.3 Å². The van der Waals surface area contributed by atoms with Crippen LogP contribution in [0.4, 0.5) is 0 Å². The van der Waals surface area contributed by atoms with Crippen LogP contribution < -0.4 is 5.32 Å². The molecule has 0 saturated heterocycles. The SMILES string of the molecule is CCCC(C)(O)CNC(=O)c1csc2c1CCCC2. The lowest BCUT2D eigenvalue weighted by Gasteiger charge is -2.23. The van der Waals surface area contributed by atoms with Crippen molar-refractivity contribution in [1.29, 1.82) is 0 Å². The average Bonchev–Trinajstić information content (AvgIpc) is 2.80. The maximum absolute atomic E-state index is 12.2. The van der Waals surface area contributed by atoms with Gasteiger partial charge in [0.1, 0.15) is 0 Å². The Kier molecular flexibility index (Phi) is 4.63. The smallest absolute Gasteiger partial charge is 0.252 e. The number of fused-ring (bicyclic) bond motifs is 1. The summed E-state index contributed by atoms with van der Waals surface area (Å²) in [5.41, 5.74) is 1.26. The predicted molar refractivity (Wildman–Crippen MR) is 78.8 cm³/mol. The van der Waals surface area contributed by atoms with E-state index in [4.69, 9.17) is 0 Å². The van der Waals surface area contributed by atoms with Gasteiger partial charge in [0, 0.05) is 16.8 Å². The van der Waals surface area contributed by atoms with E-state index >= 15 is 0 Å². The van der Waals surface area contributed by atoms with Crippen molar-refractivity contribution in [3.8, 4) is 0 Å². The molecule has 0 aliphatic heterocycles. The van der Waals surface area contributed by atoms with E-state index in [0.717, 1.165) is 24.8 Å². The molecule has 1 aliphatic rings. The minimum Gasteiger partial charge on any atom is -0.388 e. The van der Waals surface area contributed by atoms with Crippen LogP contribution in [0, 0.1) is 0 Å². The van der Waals surface area contributed by atoms with E-state index in [0.29, 0.717) is 13.0 Å². The van der Waals surface area contributed by atoms with Crippen molar-refractivity contribution in [2.24, 2.45) is 0 Å². The summed E-state index contributed by atoms with van der Waals surface area (Å²) in [4.78, 5) is 13.6. The lowest BCUT2D eigenvalue weighted by molar-refractivity contribution is 0.0469. The van der Waals surface area contributed by atoms with Crippen LogP contribution >= 0.6 is 11.3 Å². The zero-order chi connectivity index (χ0) is 13.9. The second-order valence-corrected chi connectivity index (χ2v) is 6.65. The molecule has 2 rings (SSSR count). The van der Waals surface area contributed by atoms with Crippen LogP contribution in [0.2, 0.25) is 0 Å². The van der Waals surface area contributed by atoms with Gasteiger partial charge < -0.3 is 10.4 Å². The summed E-state index contributed by atoms with van der Waals surface area (Å²) >= 11 is 1.70. The molecule has 3 nitrogen and oxygen atoms in total. The highest BCUT2D eigenvalue weighted by molar-refractivity contribution is 7.10. The van der Waals surface area contributed by atoms with E-state index in [1.807, 2.05) is 12.3 Å². The van der Waals surface area contributed by atoms with Gasteiger partial charge in [-0.25, -0.2) is 0 Å². The van der Waals surface area contributed by atoms with Gasteiger partial charge in [-0.1, -0.05) is 13.3 Å². The molecule has 0 saturated carbocycles. The third-order valence-corrected chi connectivity index (χ3v) is 4.81. The number of aliphatic hydroxyl groups is 1. The summed E-state index contributed by atoms with van der Waals surface area (Å²) in [6, 6.07) is 0. The molecular weight excluding hydrogens is 258 g/mol. The Hall–Kier alpha value is -0.870. The number of carbonyl (C=O) groups excluding carboxylic acids is 1. The lowest BCUT2D eigenvalue weighted by atomic mass is 9.95. The highest BCUT2D eigenvalue weighted by Crippen LogP contribution is 2.30. The maximum Gasteiger partial charge on any atom is 0.252 e. The fourth-order valence-corrected chi connectivity index (χ4v) is 3.80. The van der Waals surface area contributed by atoms with E-state index in [1.165, 1.54) is 23.3 Å². The van der Waals surface area contributed by atoms with Gasteiger partial charge >= 0.3 is 0 Å². The Labute approximate surface area is 119 Å². The zero-order valence-corrected chi connectivity index (χ0v) is 12.6. The summed E-state index contributed by atoms with van der Waals surface area (Å²) in [6.07, 6.45) is 6.16. The van der Waals surface area contributed by atoms with Crippen molar-refractivity contribution in [1.82, 2.24) is 5.32 Å². The van der Waals surface area contributed by atoms with Crippen LogP contribution in [0.5, 0.6) is 0 Å². The molecule has 1 heterocycles. The van der Waals surface area contributed by atoms with Crippen LogP contribution in [0.15, 0.2) is 5.38 Å². The molecule has 1 amide bonds. The van der Waals surface area contributed by atoms with Crippen LogP contribution in [-0.4, -0.2) is 23.2 Å². The quantitative estimate of drug-likeness (QED) is 0.872. The monoisotopic (exact) mass is 281 g/mol. The van der Waals surface area contributed by atoms with E-state index in [9.17, 15) is 9.90 Å². The molecule has 1 unspecified atom stereocenters. The second kappa shape index (κ2) is 6.06. The number of amides is 1. The largest absolute Gasteiger partial charge is 0.388 e. The van der Waals surface area contributed by atoms with Crippen LogP contribution in [0.3, 0.4) is 0 Å². The molecule has 4 heteroatoms. The molecule has 1 aromatic heterocycles. The molecule has 0 bridgehead atoms. The van der Waals surface area contributed by atoms with Crippen molar-refractivity contribution >= 4 is 17.2 Å². The first-order chi connectivity index (χ1) is 9.03. The first-order valence-corrected chi connectivity index (χ1v) is 8.01. The standard InChI is InChI=1S/C15H23NO2S/c1-3-8-15(2,18)10-16-14(17)12-9-19-13-7-5-4-6-11(12)13/h9,18H,3-8,10H2,1-2H3,(H,16,17). The van der Waals surface area contributed by atoms with Gasteiger partial charge in [0.05, 0.1) is 11.2 Å². The molecule has 0 spiro atoms. The minimum absolute atomic E-state index is 0.0317. The number of thiophene rings is 1. The first-order valence-electron chi connectivity index (χ1n) is 7.13. The number of hydrogen-bond donors (Lipinski definition) is 2. The fourth-order valence-electron chi connectivity index (χ4n) is 2.68. The third-order valence-electron chi connectivity index (χ3n) is 3.72. The molecule has 0 aromatic carbocycles. The van der Waals surface area contributed by atoms with Gasteiger partial charge in [0.15, 0.2) is 0 Å². The fraction of sp³-hybridized carbons (Fsp3) is 0.667. The van der Waals surface area contributed by atoms with Crippen molar-refractivity contribution in [3.63, 3.8) is 0 Å². The molecule has 2 N–H and O–H groups in total. The second-order valence-electron chi connectivity index (χ2n) is 5.69. The van der Waals surface area contributed by atoms with Crippen LogP contribution in [0.1, 0.15) is 60.3 Å². The van der Waals surface area contributed by atoms with E-state index in [-0.39, 0.29) is 5.91 Å². The van der Waals surface area contributed by atoms with E-state index in [2.05, 4.69) is 5.32 Å². The number of aryl methyl sites for hydroxylation is 1. The predicted octanol–water partition coefficient (Wildman–Crippen LogP) is 2.91. The van der Waals surface area contributed by atoms with Crippen molar-refractivity contribution in [2.45, 2.75) is 58.0 Å². The average molecular weight is 281 g/mol. The highest BCUT2D eigenvalue weighted by atomic mass is 32.1. The van der Waals surface area contributed by atoms with E-state index in [1.54, 1.807) is 18.3 Å². The highest BCUT2D eigenvalue weighted by Gasteiger charge is 2.23. The molecular formula is C15H23NO2S. The Bertz CT molecular complexity index is 451. The first kappa shape index (κ1) is 14.5. The Morgan fingerprint density at radius 3 is 2.95 bits per heavy atom. The summed E-state index contributed by atoms with van der Waals surface area (Å²) in [6.45, 7) is 4.13. The molecule has 0 radical (unpaired) electrons. The Morgan fingerprint density at radius 1 is 1.47 bits per heavy atom. The van der Waals surface area contributed by atoms with Crippen LogP contribution in [-0.2, 0) is 12.8 Å². The van der Waals surface area contributed by atoms with Gasteiger partial charge in [0.25, 0.3) is 5.91 Å². The van der Waals surface area contributed by atoms with E-state index < -0.39 is 5.60 Å². The van der Waals surface area contributed by atoms with Gasteiger partial charge in [-0.3, -0.25) is 4.79 Å². The lowest BCUT2D eigenvalue weighted by Crippen LogP contribution is -2.40. The number of rotatable bonds is 5. The summed E-state index contributed by atoms with van der Waals surface area (Å²) in [5.74, 6) is -0.0317. The zero-order valence-electron chi connectivity index (χ0n) is 11.8. The Balaban J connectivity index is 1.99. The molecule has 1 atom stereocenters. The maximum atomic E-state index is 12.2. The molecule has 106 valence electrons. The summed E-state index contributed by atoms with van der Waals surface area (Å²) in [5, 5.41) is 14.9. The normalized spacial score (nSPS) is 17.6. The molecule has 19 heavy (non-hydrogen) atoms. The van der Waals surface area contributed by atoms with Crippen molar-refractivity contribution in [3.05, 3.63) is 21.4 Å². The Morgan fingerprint density at radius 2 is 2.21 bits per heavy atom. The van der Waals surface area contributed by atoms with Gasteiger partial charge in [-0.2, -0.15) is 0 Å². The minimum atomic E-state index is -0.805. The van der Waals surface area contributed by atoms with Gasteiger partial charge in [-0.15, -0.1) is 11.3 Å². The van der Waals surface area contributed by atoms with Gasteiger partial charge in [-0.05, 0) is 44.6 Å². The van der Waals surface area contributed by atoms with Crippen molar-refractivity contribution < 1.29 is 9.90 Å². The van der Waals surface area contributed by atoms with Crippen LogP contribution in [0.25, 0.3) is 0 Å². The summed E-state index contributed by atoms with van der Waals surface area (Å²) < 4.78 is 0. The third kappa shape index (κ3) is 3.57. The van der Waals surface area contributed by atoms with Crippen molar-refractivity contribution in [2.75, 3.05) is 6.54 Å². The van der Waals surface area contributed by atoms with Gasteiger partial charge in [0.2, 0.25) is 0 Å².